The molecule has 0 spiro atoms. The van der Waals surface area contributed by atoms with E-state index < -0.39 is 13.7 Å². The van der Waals surface area contributed by atoms with Gasteiger partial charge in [0, 0.05) is 46.7 Å². The topological polar surface area (TPSA) is 50.9 Å². The fourth-order valence-corrected chi connectivity index (χ4v) is 7.95. The molecular weight excluding hydrogens is 926 g/mol. The molecular formula is C56H40N3OPt-. The number of phenolic OH excluding ortho intramolecular Hbond substituents is 1. The molecule has 4 nitrogen and oxygen atoms in total. The van der Waals surface area contributed by atoms with Crippen LogP contribution in [0.4, 0.5) is 0 Å². The number of nitrogens with zero attached hydrogens (tertiary/aromatic N) is 3. The quantitative estimate of drug-likeness (QED) is 0.154. The first-order chi connectivity index (χ1) is 31.9. The molecule has 2 heterocycles. The van der Waals surface area contributed by atoms with Gasteiger partial charge in [-0.2, -0.15) is 0 Å². The van der Waals surface area contributed by atoms with Gasteiger partial charge in [-0.05, 0) is 89.0 Å². The second-order valence-corrected chi connectivity index (χ2v) is 14.7. The number of rotatable bonds is 8. The average Bonchev–Trinajstić information content (AvgIpc) is 3.73. The summed E-state index contributed by atoms with van der Waals surface area (Å²) >= 11 is 0. The van der Waals surface area contributed by atoms with Gasteiger partial charge >= 0.3 is 0 Å². The number of benzene rings is 8. The van der Waals surface area contributed by atoms with Crippen LogP contribution in [0.2, 0.25) is 0 Å². The number of fused-ring (bicyclic) bond motifs is 1. The van der Waals surface area contributed by atoms with E-state index in [0.29, 0.717) is 39.4 Å². The van der Waals surface area contributed by atoms with Gasteiger partial charge in [0.05, 0.1) is 22.3 Å². The zero-order chi connectivity index (χ0) is 45.6. The van der Waals surface area contributed by atoms with Crippen LogP contribution < -0.4 is 0 Å². The molecule has 5 heteroatoms. The minimum atomic E-state index is -2.44. The van der Waals surface area contributed by atoms with Crippen molar-refractivity contribution in [2.75, 3.05) is 0 Å². The van der Waals surface area contributed by atoms with Crippen LogP contribution in [0.3, 0.4) is 0 Å². The predicted molar refractivity (Wildman–Crippen MR) is 247 cm³/mol. The molecule has 0 bridgehead atoms. The van der Waals surface area contributed by atoms with Crippen LogP contribution in [0.25, 0.3) is 95.0 Å². The molecule has 0 atom stereocenters. The van der Waals surface area contributed by atoms with Crippen molar-refractivity contribution in [3.05, 3.63) is 218 Å². The number of imidazole rings is 1. The number of aryl methyl sites for hydroxylation is 2. The molecule has 0 aliphatic rings. The van der Waals surface area contributed by atoms with Gasteiger partial charge in [0.25, 0.3) is 0 Å². The zero-order valence-electron chi connectivity index (χ0n) is 38.7. The van der Waals surface area contributed by atoms with E-state index in [1.165, 1.54) is 0 Å². The first kappa shape index (κ1) is 32.7. The summed E-state index contributed by atoms with van der Waals surface area (Å²) in [6.07, 6.45) is 1.75. The maximum Gasteiger partial charge on any atom is 0.148 e. The Morgan fingerprint density at radius 2 is 1.15 bits per heavy atom. The third-order valence-electron chi connectivity index (χ3n) is 10.9. The predicted octanol–water partition coefficient (Wildman–Crippen LogP) is 14.2. The molecule has 0 aliphatic carbocycles. The van der Waals surface area contributed by atoms with E-state index in [1.807, 2.05) is 144 Å². The second kappa shape index (κ2) is 16.9. The summed E-state index contributed by atoms with van der Waals surface area (Å²) in [5.74, 6) is 0.505. The Morgan fingerprint density at radius 3 is 1.85 bits per heavy atom. The van der Waals surface area contributed by atoms with E-state index in [9.17, 15) is 5.11 Å². The number of para-hydroxylation sites is 2. The summed E-state index contributed by atoms with van der Waals surface area (Å²) in [5, 5.41) is 11.5. The molecule has 0 radical (unpaired) electrons. The zero-order valence-corrected chi connectivity index (χ0v) is 34.9. The summed E-state index contributed by atoms with van der Waals surface area (Å²) in [4.78, 5) is 10.2. The van der Waals surface area contributed by atoms with Gasteiger partial charge in [0.1, 0.15) is 11.6 Å². The number of aromatic nitrogens is 3. The SMILES string of the molecule is [2H]C([2H])([2H])c1ccc(-c2ccnc(-c3[c-]c(-c4cccc5c4nc(-c4ccccc4O)n5-c4cc(-c5ccccc5)c(C([2H])([2H])[2H])cc4-c4ccccc4)cc(-c4ccccc4)c3)c2)cc1.[Pt]. The van der Waals surface area contributed by atoms with Crippen molar-refractivity contribution in [2.45, 2.75) is 13.7 Å². The van der Waals surface area contributed by atoms with Crippen molar-refractivity contribution in [3.63, 3.8) is 0 Å². The minimum Gasteiger partial charge on any atom is -0.507 e. The number of pyridine rings is 1. The maximum atomic E-state index is 11.5. The van der Waals surface area contributed by atoms with Crippen LogP contribution in [0, 0.1) is 19.8 Å². The van der Waals surface area contributed by atoms with Gasteiger partial charge in [-0.1, -0.05) is 168 Å². The molecule has 296 valence electrons. The van der Waals surface area contributed by atoms with E-state index in [4.69, 9.17) is 18.2 Å². The number of aromatic hydroxyl groups is 1. The van der Waals surface area contributed by atoms with Gasteiger partial charge in [-0.25, -0.2) is 4.98 Å². The monoisotopic (exact) mass is 971 g/mol. The summed E-state index contributed by atoms with van der Waals surface area (Å²) in [7, 11) is 0. The molecule has 0 unspecified atom stereocenters. The fourth-order valence-electron chi connectivity index (χ4n) is 7.95. The van der Waals surface area contributed by atoms with Gasteiger partial charge < -0.3 is 5.11 Å². The maximum absolute atomic E-state index is 11.5. The molecule has 0 saturated carbocycles. The Bertz CT molecular complexity index is 3390. The fraction of sp³-hybridized carbons (Fsp3) is 0.0357. The van der Waals surface area contributed by atoms with Gasteiger partial charge in [0.15, 0.2) is 0 Å². The number of hydrogen-bond acceptors (Lipinski definition) is 3. The van der Waals surface area contributed by atoms with Gasteiger partial charge in [-0.3, -0.25) is 9.55 Å². The van der Waals surface area contributed by atoms with E-state index in [1.54, 1.807) is 36.5 Å². The number of hydrogen-bond donors (Lipinski definition) is 1. The number of phenols is 1. The van der Waals surface area contributed by atoms with Crippen LogP contribution >= 0.6 is 0 Å². The van der Waals surface area contributed by atoms with Crippen molar-refractivity contribution < 1.29 is 34.4 Å². The summed E-state index contributed by atoms with van der Waals surface area (Å²) in [6.45, 7) is -4.64. The van der Waals surface area contributed by atoms with Gasteiger partial charge in [-0.15, -0.1) is 23.8 Å². The van der Waals surface area contributed by atoms with Gasteiger partial charge in [0.2, 0.25) is 0 Å². The third-order valence-corrected chi connectivity index (χ3v) is 10.9. The first-order valence-electron chi connectivity index (χ1n) is 22.7. The Balaban J connectivity index is 0.00000562. The molecule has 1 N–H and O–H groups in total. The second-order valence-electron chi connectivity index (χ2n) is 14.7. The molecule has 0 fully saturated rings. The Kier molecular flexibility index (Phi) is 9.03. The van der Waals surface area contributed by atoms with Crippen molar-refractivity contribution in [2.24, 2.45) is 0 Å². The van der Waals surface area contributed by atoms with E-state index >= 15 is 0 Å². The van der Waals surface area contributed by atoms with E-state index in [2.05, 4.69) is 30.3 Å². The van der Waals surface area contributed by atoms with Crippen LogP contribution in [0.15, 0.2) is 200 Å². The molecule has 2 aromatic heterocycles. The molecule has 8 aromatic carbocycles. The third kappa shape index (κ3) is 7.63. The van der Waals surface area contributed by atoms with Crippen LogP contribution in [-0.2, 0) is 21.1 Å². The largest absolute Gasteiger partial charge is 0.507 e. The molecule has 10 rings (SSSR count). The molecule has 0 amide bonds. The van der Waals surface area contributed by atoms with Crippen molar-refractivity contribution in [3.8, 4) is 89.7 Å². The van der Waals surface area contributed by atoms with Crippen LogP contribution in [0.5, 0.6) is 5.75 Å². The normalized spacial score (nSPS) is 12.9. The van der Waals surface area contributed by atoms with Crippen molar-refractivity contribution in [1.29, 1.82) is 0 Å². The molecule has 10 aromatic rings. The van der Waals surface area contributed by atoms with Crippen molar-refractivity contribution in [1.82, 2.24) is 14.5 Å². The minimum absolute atomic E-state index is 0. The summed E-state index contributed by atoms with van der Waals surface area (Å²) < 4.78 is 51.7. The summed E-state index contributed by atoms with van der Waals surface area (Å²) in [6, 6.07) is 64.8. The molecule has 0 saturated heterocycles. The molecule has 61 heavy (non-hydrogen) atoms. The van der Waals surface area contributed by atoms with E-state index in [-0.39, 0.29) is 37.9 Å². The Labute approximate surface area is 379 Å². The molecule has 0 aliphatic heterocycles. The average molecular weight is 972 g/mol. The van der Waals surface area contributed by atoms with E-state index in [0.717, 1.165) is 55.6 Å². The first-order valence-corrected chi connectivity index (χ1v) is 19.7. The smallest absolute Gasteiger partial charge is 0.148 e. The van der Waals surface area contributed by atoms with Crippen LogP contribution in [0.1, 0.15) is 19.4 Å². The Morgan fingerprint density at radius 1 is 0.508 bits per heavy atom. The Hall–Kier alpha value is -7.13. The summed E-state index contributed by atoms with van der Waals surface area (Å²) in [5.41, 5.74) is 12.5. The van der Waals surface area contributed by atoms with Crippen molar-refractivity contribution >= 4 is 11.0 Å². The van der Waals surface area contributed by atoms with Crippen LogP contribution in [-0.4, -0.2) is 19.6 Å². The standard InChI is InChI=1S/C56H40N3O.Pt/c1-37-25-27-40(28-26-37)43-29-30-57-51(35-43)46-33-44(39-15-6-3-7-16-39)32-45(34-46)47-22-14-23-52-55(47)58-56(48-21-12-13-24-54(48)60)59(52)53-36-49(41-17-8-4-9-18-41)38(2)31-50(53)42-19-10-5-11-20-42;/h3-33,35-36,60H,1-2H3;/q-1;/i1D3,2D3;.